The molecule has 0 spiro atoms. The molecule has 2 heterocycles. The molecular formula is C15H14ClFN6. The molecule has 0 unspecified atom stereocenters. The summed E-state index contributed by atoms with van der Waals surface area (Å²) in [6, 6.07) is 4.54. The third-order valence-electron chi connectivity index (χ3n) is 2.98. The zero-order chi connectivity index (χ0) is 16.4. The molecule has 0 amide bonds. The summed E-state index contributed by atoms with van der Waals surface area (Å²) in [5.74, 6) is 0.505. The monoisotopic (exact) mass is 332 g/mol. The first-order valence-electron chi connectivity index (χ1n) is 6.99. The summed E-state index contributed by atoms with van der Waals surface area (Å²) in [4.78, 5) is 17.0. The molecule has 3 aromatic rings. The molecule has 0 bridgehead atoms. The van der Waals surface area contributed by atoms with Gasteiger partial charge in [-0.1, -0.05) is 11.6 Å². The fourth-order valence-corrected chi connectivity index (χ4v) is 2.16. The van der Waals surface area contributed by atoms with Crippen LogP contribution in [0.3, 0.4) is 0 Å². The van der Waals surface area contributed by atoms with E-state index in [1.54, 1.807) is 12.3 Å². The van der Waals surface area contributed by atoms with E-state index in [9.17, 15) is 4.39 Å². The lowest BCUT2D eigenvalue weighted by molar-refractivity contribution is 0.628. The average Bonchev–Trinajstić information content (AvgIpc) is 2.51. The average molecular weight is 333 g/mol. The number of rotatable bonds is 4. The Morgan fingerprint density at radius 3 is 2.74 bits per heavy atom. The molecule has 6 nitrogen and oxygen atoms in total. The van der Waals surface area contributed by atoms with Crippen LogP contribution >= 0.6 is 11.6 Å². The molecule has 0 atom stereocenters. The molecule has 0 saturated carbocycles. The van der Waals surface area contributed by atoms with Crippen LogP contribution in [0.2, 0.25) is 5.02 Å². The third kappa shape index (κ3) is 3.45. The molecule has 0 fully saturated rings. The van der Waals surface area contributed by atoms with E-state index in [-0.39, 0.29) is 11.1 Å². The molecule has 0 aliphatic heterocycles. The number of nitrogens with zero attached hydrogens (tertiary/aromatic N) is 4. The van der Waals surface area contributed by atoms with Crippen molar-refractivity contribution in [3.63, 3.8) is 0 Å². The molecule has 118 valence electrons. The Hall–Kier alpha value is -2.54. The van der Waals surface area contributed by atoms with Crippen LogP contribution in [0.1, 0.15) is 13.8 Å². The van der Waals surface area contributed by atoms with Crippen molar-refractivity contribution < 1.29 is 4.39 Å². The highest BCUT2D eigenvalue weighted by molar-refractivity contribution is 6.31. The Kier molecular flexibility index (Phi) is 4.20. The topological polar surface area (TPSA) is 75.6 Å². The van der Waals surface area contributed by atoms with Crippen molar-refractivity contribution in [2.24, 2.45) is 0 Å². The quantitative estimate of drug-likeness (QED) is 0.757. The van der Waals surface area contributed by atoms with Crippen molar-refractivity contribution in [1.82, 2.24) is 19.9 Å². The van der Waals surface area contributed by atoms with Crippen LogP contribution in [-0.2, 0) is 0 Å². The largest absolute Gasteiger partial charge is 0.352 e. The Balaban J connectivity index is 2.00. The summed E-state index contributed by atoms with van der Waals surface area (Å²) in [7, 11) is 0. The van der Waals surface area contributed by atoms with Gasteiger partial charge in [0.15, 0.2) is 5.82 Å². The van der Waals surface area contributed by atoms with Gasteiger partial charge in [-0.15, -0.1) is 0 Å². The van der Waals surface area contributed by atoms with Crippen molar-refractivity contribution in [1.29, 1.82) is 0 Å². The SMILES string of the molecule is CC(C)Nc1ncc2ncnc(Nc3ccc(F)c(Cl)c3)c2n1. The highest BCUT2D eigenvalue weighted by atomic mass is 35.5. The van der Waals surface area contributed by atoms with E-state index in [0.29, 0.717) is 28.5 Å². The minimum absolute atomic E-state index is 0.0325. The first kappa shape index (κ1) is 15.4. The van der Waals surface area contributed by atoms with Crippen molar-refractivity contribution in [3.05, 3.63) is 41.6 Å². The molecule has 0 aliphatic carbocycles. The van der Waals surface area contributed by atoms with Crippen LogP contribution in [0.15, 0.2) is 30.7 Å². The maximum Gasteiger partial charge on any atom is 0.223 e. The van der Waals surface area contributed by atoms with Gasteiger partial charge >= 0.3 is 0 Å². The van der Waals surface area contributed by atoms with Gasteiger partial charge in [-0.2, -0.15) is 0 Å². The lowest BCUT2D eigenvalue weighted by Gasteiger charge is -2.11. The van der Waals surface area contributed by atoms with Crippen molar-refractivity contribution >= 4 is 40.1 Å². The molecular weight excluding hydrogens is 319 g/mol. The minimum Gasteiger partial charge on any atom is -0.352 e. The number of hydrogen-bond acceptors (Lipinski definition) is 6. The first-order chi connectivity index (χ1) is 11.0. The fourth-order valence-electron chi connectivity index (χ4n) is 1.98. The summed E-state index contributed by atoms with van der Waals surface area (Å²) >= 11 is 5.80. The molecule has 23 heavy (non-hydrogen) atoms. The summed E-state index contributed by atoms with van der Waals surface area (Å²) < 4.78 is 13.3. The second-order valence-electron chi connectivity index (χ2n) is 5.20. The first-order valence-corrected chi connectivity index (χ1v) is 7.37. The van der Waals surface area contributed by atoms with E-state index in [4.69, 9.17) is 11.6 Å². The zero-order valence-electron chi connectivity index (χ0n) is 12.5. The van der Waals surface area contributed by atoms with Crippen LogP contribution in [0.4, 0.5) is 21.8 Å². The lowest BCUT2D eigenvalue weighted by Crippen LogP contribution is -2.12. The Labute approximate surface area is 137 Å². The van der Waals surface area contributed by atoms with Crippen LogP contribution in [0.25, 0.3) is 11.0 Å². The number of anilines is 3. The smallest absolute Gasteiger partial charge is 0.223 e. The fraction of sp³-hybridized carbons (Fsp3) is 0.200. The summed E-state index contributed by atoms with van der Waals surface area (Å²) in [5.41, 5.74) is 1.77. The maximum atomic E-state index is 13.3. The Bertz CT molecular complexity index is 854. The highest BCUT2D eigenvalue weighted by Gasteiger charge is 2.09. The van der Waals surface area contributed by atoms with Crippen molar-refractivity contribution in [2.75, 3.05) is 10.6 Å². The number of benzene rings is 1. The highest BCUT2D eigenvalue weighted by Crippen LogP contribution is 2.25. The van der Waals surface area contributed by atoms with Gasteiger partial charge in [-0.3, -0.25) is 0 Å². The molecule has 8 heteroatoms. The van der Waals surface area contributed by atoms with E-state index in [1.807, 2.05) is 13.8 Å². The van der Waals surface area contributed by atoms with Gasteiger partial charge in [0.1, 0.15) is 23.2 Å². The standard InChI is InChI=1S/C15H14ClFN6/c1-8(2)21-15-18-6-12-13(23-15)14(20-7-19-12)22-9-3-4-11(17)10(16)5-9/h3-8H,1-2H3,(H,18,21,23)(H,19,20,22). The van der Waals surface area contributed by atoms with E-state index < -0.39 is 5.82 Å². The normalized spacial score (nSPS) is 11.0. The zero-order valence-corrected chi connectivity index (χ0v) is 13.3. The molecule has 0 saturated heterocycles. The van der Waals surface area contributed by atoms with Gasteiger partial charge in [0.2, 0.25) is 5.95 Å². The number of hydrogen-bond donors (Lipinski definition) is 2. The van der Waals surface area contributed by atoms with E-state index in [1.165, 1.54) is 18.5 Å². The van der Waals surface area contributed by atoms with Gasteiger partial charge in [-0.05, 0) is 32.0 Å². The summed E-state index contributed by atoms with van der Waals surface area (Å²) in [5, 5.41) is 6.24. The van der Waals surface area contributed by atoms with E-state index in [2.05, 4.69) is 30.6 Å². The van der Waals surface area contributed by atoms with E-state index in [0.717, 1.165) is 0 Å². The van der Waals surface area contributed by atoms with Gasteiger partial charge in [0, 0.05) is 11.7 Å². The number of nitrogens with one attached hydrogen (secondary N) is 2. The van der Waals surface area contributed by atoms with Crippen LogP contribution in [0.5, 0.6) is 0 Å². The Morgan fingerprint density at radius 1 is 1.17 bits per heavy atom. The molecule has 0 radical (unpaired) electrons. The van der Waals surface area contributed by atoms with Crippen molar-refractivity contribution in [2.45, 2.75) is 19.9 Å². The number of fused-ring (bicyclic) bond motifs is 1. The molecule has 2 aromatic heterocycles. The number of halogens is 2. The molecule has 0 aliphatic rings. The summed E-state index contributed by atoms with van der Waals surface area (Å²) in [6.45, 7) is 3.99. The van der Waals surface area contributed by atoms with Gasteiger partial charge in [-0.25, -0.2) is 24.3 Å². The minimum atomic E-state index is -0.476. The molecule has 1 aromatic carbocycles. The lowest BCUT2D eigenvalue weighted by atomic mass is 10.3. The van der Waals surface area contributed by atoms with E-state index >= 15 is 0 Å². The number of aromatic nitrogens is 4. The van der Waals surface area contributed by atoms with Gasteiger partial charge in [0.25, 0.3) is 0 Å². The summed E-state index contributed by atoms with van der Waals surface area (Å²) in [6.07, 6.45) is 3.03. The third-order valence-corrected chi connectivity index (χ3v) is 3.27. The predicted molar refractivity (Wildman–Crippen MR) is 88.6 cm³/mol. The van der Waals surface area contributed by atoms with Gasteiger partial charge < -0.3 is 10.6 Å². The second-order valence-corrected chi connectivity index (χ2v) is 5.61. The molecule has 3 rings (SSSR count). The maximum absolute atomic E-state index is 13.3. The predicted octanol–water partition coefficient (Wildman–Crippen LogP) is 3.78. The Morgan fingerprint density at radius 2 is 2.00 bits per heavy atom. The van der Waals surface area contributed by atoms with Crippen molar-refractivity contribution in [3.8, 4) is 0 Å². The molecule has 2 N–H and O–H groups in total. The van der Waals surface area contributed by atoms with Crippen LogP contribution < -0.4 is 10.6 Å². The van der Waals surface area contributed by atoms with Gasteiger partial charge in [0.05, 0.1) is 11.2 Å². The van der Waals surface area contributed by atoms with Crippen LogP contribution in [0, 0.1) is 5.82 Å². The second kappa shape index (κ2) is 6.29. The van der Waals surface area contributed by atoms with Crippen LogP contribution in [-0.4, -0.2) is 26.0 Å².